The molecule has 1 heterocycles. The van der Waals surface area contributed by atoms with E-state index in [1.165, 1.54) is 0 Å². The van der Waals surface area contributed by atoms with Crippen LogP contribution in [0.3, 0.4) is 0 Å². The van der Waals surface area contributed by atoms with Gasteiger partial charge in [0, 0.05) is 22.4 Å². The van der Waals surface area contributed by atoms with Gasteiger partial charge in [0.25, 0.3) is 6.43 Å². The number of halogens is 5. The van der Waals surface area contributed by atoms with Crippen LogP contribution in [-0.2, 0) is 9.84 Å². The highest BCUT2D eigenvalue weighted by molar-refractivity contribution is 9.10. The number of rotatable bonds is 4. The first-order valence-electron chi connectivity index (χ1n) is 7.41. The number of benzene rings is 2. The topological polar surface area (TPSA) is 52.0 Å². The average Bonchev–Trinajstić information content (AvgIpc) is 3.01. The molecule has 0 N–H and O–H groups in total. The van der Waals surface area contributed by atoms with Crippen LogP contribution < -0.4 is 0 Å². The third-order valence-electron chi connectivity index (χ3n) is 3.72. The molecule has 3 aromatic rings. The van der Waals surface area contributed by atoms with Gasteiger partial charge in [0.1, 0.15) is 27.9 Å². The first-order valence-corrected chi connectivity index (χ1v) is 10.1. The summed E-state index contributed by atoms with van der Waals surface area (Å²) >= 11 is 3.25. The molecule has 0 saturated heterocycles. The summed E-state index contributed by atoms with van der Waals surface area (Å²) in [7, 11) is -4.00. The zero-order valence-electron chi connectivity index (χ0n) is 13.6. The summed E-state index contributed by atoms with van der Waals surface area (Å²) in [6.45, 7) is 0. The van der Waals surface area contributed by atoms with Gasteiger partial charge in [-0.05, 0) is 24.3 Å². The fourth-order valence-electron chi connectivity index (χ4n) is 2.48. The molecule has 0 radical (unpaired) electrons. The molecule has 4 nitrogen and oxygen atoms in total. The van der Waals surface area contributed by atoms with Gasteiger partial charge in [0.05, 0.1) is 5.69 Å². The second kappa shape index (κ2) is 7.08. The molecule has 0 fully saturated rings. The predicted molar refractivity (Wildman–Crippen MR) is 94.7 cm³/mol. The van der Waals surface area contributed by atoms with E-state index < -0.39 is 44.2 Å². The molecule has 0 aliphatic carbocycles. The molecule has 0 spiro atoms. The van der Waals surface area contributed by atoms with E-state index in [0.29, 0.717) is 17.7 Å². The van der Waals surface area contributed by atoms with Crippen molar-refractivity contribution in [2.24, 2.45) is 0 Å². The van der Waals surface area contributed by atoms with Crippen LogP contribution in [0.1, 0.15) is 12.1 Å². The lowest BCUT2D eigenvalue weighted by molar-refractivity contribution is 0.145. The molecular weight excluding hydrogens is 452 g/mol. The van der Waals surface area contributed by atoms with E-state index in [1.54, 1.807) is 24.3 Å². The molecule has 10 heteroatoms. The van der Waals surface area contributed by atoms with Crippen LogP contribution in [0.15, 0.2) is 51.8 Å². The molecule has 1 aromatic heterocycles. The monoisotopic (exact) mass is 462 g/mol. The number of aromatic nitrogens is 2. The van der Waals surface area contributed by atoms with E-state index in [0.717, 1.165) is 21.5 Å². The van der Waals surface area contributed by atoms with Crippen molar-refractivity contribution in [1.82, 2.24) is 9.78 Å². The average molecular weight is 463 g/mol. The van der Waals surface area contributed by atoms with Crippen molar-refractivity contribution < 1.29 is 26.0 Å². The molecule has 0 aliphatic heterocycles. The molecule has 142 valence electrons. The summed E-state index contributed by atoms with van der Waals surface area (Å²) < 4.78 is 79.6. The van der Waals surface area contributed by atoms with Crippen molar-refractivity contribution in [3.8, 4) is 16.9 Å². The maximum atomic E-state index is 14.5. The van der Waals surface area contributed by atoms with Gasteiger partial charge < -0.3 is 0 Å². The minimum absolute atomic E-state index is 0.100. The van der Waals surface area contributed by atoms with Crippen LogP contribution in [-0.4, -0.2) is 24.5 Å². The van der Waals surface area contributed by atoms with Crippen molar-refractivity contribution in [2.75, 3.05) is 6.26 Å². The van der Waals surface area contributed by atoms with Crippen molar-refractivity contribution in [3.05, 3.63) is 64.3 Å². The van der Waals surface area contributed by atoms with Gasteiger partial charge >= 0.3 is 0 Å². The van der Waals surface area contributed by atoms with E-state index in [1.807, 2.05) is 0 Å². The minimum Gasteiger partial charge on any atom is -0.230 e. The van der Waals surface area contributed by atoms with Gasteiger partial charge in [-0.2, -0.15) is 5.10 Å². The number of nitrogens with zero attached hydrogens (tertiary/aromatic N) is 2. The summed E-state index contributed by atoms with van der Waals surface area (Å²) in [5.74, 6) is -2.32. The van der Waals surface area contributed by atoms with Crippen molar-refractivity contribution in [1.29, 1.82) is 0 Å². The molecule has 0 aliphatic rings. The number of alkyl halides is 2. The zero-order valence-corrected chi connectivity index (χ0v) is 16.0. The van der Waals surface area contributed by atoms with E-state index >= 15 is 0 Å². The third kappa shape index (κ3) is 3.91. The molecule has 0 unspecified atom stereocenters. The van der Waals surface area contributed by atoms with Gasteiger partial charge in [-0.3, -0.25) is 0 Å². The summed E-state index contributed by atoms with van der Waals surface area (Å²) in [6, 6.07) is 8.68. The summed E-state index contributed by atoms with van der Waals surface area (Å²) in [4.78, 5) is -0.824. The molecule has 0 bridgehead atoms. The fraction of sp³-hybridized carbons (Fsp3) is 0.118. The van der Waals surface area contributed by atoms with Gasteiger partial charge in [-0.1, -0.05) is 28.1 Å². The summed E-state index contributed by atoms with van der Waals surface area (Å²) in [6.07, 6.45) is -2.19. The lowest BCUT2D eigenvalue weighted by Gasteiger charge is -2.11. The second-order valence-corrected chi connectivity index (χ2v) is 8.58. The molecule has 0 amide bonds. The Bertz CT molecular complexity index is 1110. The number of sulfone groups is 1. The molecular formula is C17H11BrF4N2O2S. The third-order valence-corrected chi connectivity index (χ3v) is 5.36. The first-order chi connectivity index (χ1) is 12.6. The lowest BCUT2D eigenvalue weighted by atomic mass is 10.1. The molecule has 3 rings (SSSR count). The smallest absolute Gasteiger partial charge is 0.230 e. The van der Waals surface area contributed by atoms with E-state index in [2.05, 4.69) is 21.0 Å². The van der Waals surface area contributed by atoms with E-state index in [9.17, 15) is 26.0 Å². The quantitative estimate of drug-likeness (QED) is 0.517. The maximum absolute atomic E-state index is 14.5. The van der Waals surface area contributed by atoms with Crippen LogP contribution in [0.4, 0.5) is 17.6 Å². The summed E-state index contributed by atoms with van der Waals surface area (Å²) in [5.41, 5.74) is -0.572. The van der Waals surface area contributed by atoms with Crippen molar-refractivity contribution >= 4 is 25.8 Å². The zero-order chi connectivity index (χ0) is 19.9. The van der Waals surface area contributed by atoms with Crippen molar-refractivity contribution in [3.63, 3.8) is 0 Å². The largest absolute Gasteiger partial charge is 0.282 e. The van der Waals surface area contributed by atoms with Crippen LogP contribution in [0.25, 0.3) is 16.9 Å². The van der Waals surface area contributed by atoms with Gasteiger partial charge in [-0.25, -0.2) is 30.7 Å². The normalized spacial score (nSPS) is 12.0. The standard InChI is InChI=1S/C17H11BrF4N2O2S/c1-27(25,26)16-7-11(19)15(6-12(16)20)24-14(8-13(23-24)17(21)22)9-2-4-10(18)5-3-9/h2-8,17H,1H3. The Hall–Kier alpha value is -2.20. The fourth-order valence-corrected chi connectivity index (χ4v) is 3.48. The highest BCUT2D eigenvalue weighted by Gasteiger charge is 2.23. The Labute approximate surface area is 160 Å². The summed E-state index contributed by atoms with van der Waals surface area (Å²) in [5, 5.41) is 3.67. The van der Waals surface area contributed by atoms with E-state index in [-0.39, 0.29) is 5.69 Å². The van der Waals surface area contributed by atoms with Crippen LogP contribution in [0, 0.1) is 11.6 Å². The minimum atomic E-state index is -4.00. The Kier molecular flexibility index (Phi) is 5.13. The highest BCUT2D eigenvalue weighted by Crippen LogP contribution is 2.31. The lowest BCUT2D eigenvalue weighted by Crippen LogP contribution is -2.08. The number of hydrogen-bond donors (Lipinski definition) is 0. The van der Waals surface area contributed by atoms with Gasteiger partial charge in [-0.15, -0.1) is 0 Å². The second-order valence-electron chi connectivity index (χ2n) is 5.68. The predicted octanol–water partition coefficient (Wildman–Crippen LogP) is 4.92. The molecule has 27 heavy (non-hydrogen) atoms. The maximum Gasteiger partial charge on any atom is 0.282 e. The Morgan fingerprint density at radius 3 is 2.22 bits per heavy atom. The number of hydrogen-bond acceptors (Lipinski definition) is 3. The Morgan fingerprint density at radius 1 is 1.04 bits per heavy atom. The first kappa shape index (κ1) is 19.6. The Balaban J connectivity index is 2.25. The highest BCUT2D eigenvalue weighted by atomic mass is 79.9. The van der Waals surface area contributed by atoms with Crippen LogP contribution in [0.5, 0.6) is 0 Å². The molecule has 2 aromatic carbocycles. The molecule has 0 saturated carbocycles. The van der Waals surface area contributed by atoms with E-state index in [4.69, 9.17) is 0 Å². The SMILES string of the molecule is CS(=O)(=O)c1cc(F)c(-n2nc(C(F)F)cc2-c2ccc(Br)cc2)cc1F. The Morgan fingerprint density at radius 2 is 1.67 bits per heavy atom. The van der Waals surface area contributed by atoms with Crippen molar-refractivity contribution in [2.45, 2.75) is 11.3 Å². The molecule has 0 atom stereocenters. The van der Waals surface area contributed by atoms with Crippen LogP contribution in [0.2, 0.25) is 0 Å². The van der Waals surface area contributed by atoms with Crippen LogP contribution >= 0.6 is 15.9 Å². The van der Waals surface area contributed by atoms with Gasteiger partial charge in [0.2, 0.25) is 0 Å². The van der Waals surface area contributed by atoms with Gasteiger partial charge in [0.15, 0.2) is 9.84 Å².